The van der Waals surface area contributed by atoms with E-state index in [0.29, 0.717) is 23.4 Å². The quantitative estimate of drug-likeness (QED) is 0.800. The Bertz CT molecular complexity index is 367. The molecule has 0 aliphatic carbocycles. The van der Waals surface area contributed by atoms with Gasteiger partial charge in [0.05, 0.1) is 0 Å². The maximum Gasteiger partial charge on any atom is 0.120 e. The molecule has 0 saturated heterocycles. The Morgan fingerprint density at radius 2 is 2.00 bits per heavy atom. The number of phenolic OH excluding ortho intramolecular Hbond substituents is 1. The highest BCUT2D eigenvalue weighted by atomic mass is 35.5. The van der Waals surface area contributed by atoms with Gasteiger partial charge in [0.25, 0.3) is 0 Å². The summed E-state index contributed by atoms with van der Waals surface area (Å²) in [4.78, 5) is 2.37. The van der Waals surface area contributed by atoms with Crippen molar-refractivity contribution in [2.75, 3.05) is 19.6 Å². The van der Waals surface area contributed by atoms with E-state index in [9.17, 15) is 5.11 Å². The van der Waals surface area contributed by atoms with Crippen LogP contribution in [0.25, 0.3) is 0 Å². The number of aromatic hydroxyl groups is 1. The van der Waals surface area contributed by atoms with Crippen molar-refractivity contribution in [2.24, 2.45) is 0 Å². The van der Waals surface area contributed by atoms with Gasteiger partial charge in [-0.2, -0.15) is 0 Å². The van der Waals surface area contributed by atoms with E-state index in [1.165, 1.54) is 0 Å². The van der Waals surface area contributed by atoms with Crippen molar-refractivity contribution < 1.29 is 5.11 Å². The van der Waals surface area contributed by atoms with Gasteiger partial charge in [0.2, 0.25) is 0 Å². The molecule has 0 spiro atoms. The van der Waals surface area contributed by atoms with E-state index in [4.69, 9.17) is 11.6 Å². The molecule has 0 aliphatic rings. The molecule has 0 amide bonds. The Hall–Kier alpha value is -0.770. The lowest BCUT2D eigenvalue weighted by molar-refractivity contribution is 0.270. The molecule has 1 atom stereocenters. The smallest absolute Gasteiger partial charge is 0.120 e. The van der Waals surface area contributed by atoms with Gasteiger partial charge < -0.3 is 15.3 Å². The largest absolute Gasteiger partial charge is 0.508 e. The average molecular weight is 271 g/mol. The van der Waals surface area contributed by atoms with Crippen LogP contribution in [-0.4, -0.2) is 35.7 Å². The third kappa shape index (κ3) is 4.84. The van der Waals surface area contributed by atoms with Crippen LogP contribution in [0.4, 0.5) is 0 Å². The Labute approximate surface area is 115 Å². The van der Waals surface area contributed by atoms with Crippen LogP contribution >= 0.6 is 11.6 Å². The molecule has 2 N–H and O–H groups in total. The molecule has 0 bridgehead atoms. The Morgan fingerprint density at radius 1 is 1.33 bits per heavy atom. The number of halogens is 1. The maximum atomic E-state index is 9.71. The van der Waals surface area contributed by atoms with Crippen molar-refractivity contribution in [3.05, 3.63) is 28.8 Å². The molecule has 0 fully saturated rings. The van der Waals surface area contributed by atoms with Gasteiger partial charge in [-0.15, -0.1) is 0 Å². The number of hydrogen-bond acceptors (Lipinski definition) is 3. The van der Waals surface area contributed by atoms with Gasteiger partial charge in [-0.25, -0.2) is 0 Å². The number of phenols is 1. The first-order valence-electron chi connectivity index (χ1n) is 6.49. The predicted octanol–water partition coefficient (Wildman–Crippen LogP) is 2.87. The predicted molar refractivity (Wildman–Crippen MR) is 77.2 cm³/mol. The van der Waals surface area contributed by atoms with Gasteiger partial charge in [-0.05, 0) is 38.2 Å². The highest BCUT2D eigenvalue weighted by Gasteiger charge is 2.08. The van der Waals surface area contributed by atoms with Gasteiger partial charge in [0, 0.05) is 29.7 Å². The molecule has 0 heterocycles. The molecule has 1 unspecified atom stereocenters. The first kappa shape index (κ1) is 15.3. The topological polar surface area (TPSA) is 35.5 Å². The number of nitrogens with zero attached hydrogens (tertiary/aromatic N) is 1. The van der Waals surface area contributed by atoms with Crippen molar-refractivity contribution in [2.45, 2.75) is 33.4 Å². The van der Waals surface area contributed by atoms with Crippen molar-refractivity contribution in [3.8, 4) is 5.75 Å². The summed E-state index contributed by atoms with van der Waals surface area (Å²) in [5.41, 5.74) is 0.842. The second-order valence-electron chi connectivity index (χ2n) is 4.54. The maximum absolute atomic E-state index is 9.71. The monoisotopic (exact) mass is 270 g/mol. The summed E-state index contributed by atoms with van der Waals surface area (Å²) in [6.07, 6.45) is 0. The first-order valence-corrected chi connectivity index (χ1v) is 6.87. The Morgan fingerprint density at radius 3 is 2.61 bits per heavy atom. The number of benzene rings is 1. The summed E-state index contributed by atoms with van der Waals surface area (Å²) in [5.74, 6) is 0.293. The fourth-order valence-electron chi connectivity index (χ4n) is 1.91. The average Bonchev–Trinajstić information content (AvgIpc) is 2.37. The summed E-state index contributed by atoms with van der Waals surface area (Å²) < 4.78 is 0. The molecule has 3 nitrogen and oxygen atoms in total. The van der Waals surface area contributed by atoms with E-state index in [1.54, 1.807) is 18.2 Å². The molecular formula is C14H23ClN2O. The molecule has 0 saturated carbocycles. The molecule has 1 aromatic rings. The number of hydrogen-bond donors (Lipinski definition) is 2. The normalized spacial score (nSPS) is 12.9. The zero-order chi connectivity index (χ0) is 13.5. The summed E-state index contributed by atoms with van der Waals surface area (Å²) in [6, 6.07) is 5.51. The van der Waals surface area contributed by atoms with Crippen LogP contribution in [0.5, 0.6) is 5.75 Å². The number of rotatable bonds is 7. The van der Waals surface area contributed by atoms with E-state index in [0.717, 1.165) is 25.2 Å². The fraction of sp³-hybridized carbons (Fsp3) is 0.571. The number of likely N-dealkylation sites (N-methyl/N-ethyl adjacent to an activating group) is 1. The summed E-state index contributed by atoms with van der Waals surface area (Å²) >= 11 is 5.91. The van der Waals surface area contributed by atoms with Crippen LogP contribution in [0.2, 0.25) is 5.02 Å². The SMILES string of the molecule is CCN(CC)CC(C)NCc1cc(Cl)ccc1O. The lowest BCUT2D eigenvalue weighted by atomic mass is 10.2. The molecule has 4 heteroatoms. The minimum atomic E-state index is 0.293. The Balaban J connectivity index is 2.46. The van der Waals surface area contributed by atoms with Gasteiger partial charge in [-0.3, -0.25) is 0 Å². The minimum Gasteiger partial charge on any atom is -0.508 e. The van der Waals surface area contributed by atoms with Crippen molar-refractivity contribution in [1.29, 1.82) is 0 Å². The van der Waals surface area contributed by atoms with Crippen molar-refractivity contribution >= 4 is 11.6 Å². The standard InChI is InChI=1S/C14H23ClN2O/c1-4-17(5-2)10-11(3)16-9-12-8-13(15)6-7-14(12)18/h6-8,11,16,18H,4-5,9-10H2,1-3H3. The van der Waals surface area contributed by atoms with Crippen LogP contribution in [0, 0.1) is 0 Å². The van der Waals surface area contributed by atoms with Crippen LogP contribution < -0.4 is 5.32 Å². The fourth-order valence-corrected chi connectivity index (χ4v) is 2.11. The summed E-state index contributed by atoms with van der Waals surface area (Å²) in [5, 5.41) is 13.8. The zero-order valence-corrected chi connectivity index (χ0v) is 12.2. The molecule has 102 valence electrons. The van der Waals surface area contributed by atoms with Crippen LogP contribution in [0.1, 0.15) is 26.3 Å². The van der Waals surface area contributed by atoms with Gasteiger partial charge >= 0.3 is 0 Å². The Kier molecular flexibility index (Phi) is 6.47. The van der Waals surface area contributed by atoms with E-state index in [1.807, 2.05) is 0 Å². The molecule has 18 heavy (non-hydrogen) atoms. The van der Waals surface area contributed by atoms with E-state index in [-0.39, 0.29) is 0 Å². The first-order chi connectivity index (χ1) is 8.56. The minimum absolute atomic E-state index is 0.293. The highest BCUT2D eigenvalue weighted by molar-refractivity contribution is 6.30. The molecule has 0 aliphatic heterocycles. The van der Waals surface area contributed by atoms with Crippen LogP contribution in [0.3, 0.4) is 0 Å². The van der Waals surface area contributed by atoms with E-state index < -0.39 is 0 Å². The molecular weight excluding hydrogens is 248 g/mol. The summed E-state index contributed by atoms with van der Waals surface area (Å²) in [7, 11) is 0. The van der Waals surface area contributed by atoms with Crippen molar-refractivity contribution in [1.82, 2.24) is 10.2 Å². The van der Waals surface area contributed by atoms with E-state index >= 15 is 0 Å². The van der Waals surface area contributed by atoms with Crippen molar-refractivity contribution in [3.63, 3.8) is 0 Å². The lowest BCUT2D eigenvalue weighted by Gasteiger charge is -2.23. The molecule has 1 rings (SSSR count). The zero-order valence-electron chi connectivity index (χ0n) is 11.4. The van der Waals surface area contributed by atoms with Gasteiger partial charge in [0.15, 0.2) is 0 Å². The van der Waals surface area contributed by atoms with Gasteiger partial charge in [-0.1, -0.05) is 25.4 Å². The number of nitrogens with one attached hydrogen (secondary N) is 1. The van der Waals surface area contributed by atoms with Gasteiger partial charge in [0.1, 0.15) is 5.75 Å². The third-order valence-corrected chi connectivity index (χ3v) is 3.34. The van der Waals surface area contributed by atoms with Crippen LogP contribution in [-0.2, 0) is 6.54 Å². The van der Waals surface area contributed by atoms with Crippen LogP contribution in [0.15, 0.2) is 18.2 Å². The third-order valence-electron chi connectivity index (χ3n) is 3.11. The lowest BCUT2D eigenvalue weighted by Crippen LogP contribution is -2.38. The molecule has 0 radical (unpaired) electrons. The van der Waals surface area contributed by atoms with E-state index in [2.05, 4.69) is 31.0 Å². The molecule has 0 aromatic heterocycles. The summed E-state index contributed by atoms with van der Waals surface area (Å²) in [6.45, 7) is 10.2. The second kappa shape index (κ2) is 7.62. The molecule has 1 aromatic carbocycles. The highest BCUT2D eigenvalue weighted by Crippen LogP contribution is 2.21. The second-order valence-corrected chi connectivity index (χ2v) is 4.98.